The summed E-state index contributed by atoms with van der Waals surface area (Å²) in [6.45, 7) is 4.92. The van der Waals surface area contributed by atoms with E-state index >= 15 is 0 Å². The first-order valence-electron chi connectivity index (χ1n) is 7.68. The number of nitrogens with zero attached hydrogens (tertiary/aromatic N) is 2. The number of anilines is 1. The smallest absolute Gasteiger partial charge is 0.409 e. The summed E-state index contributed by atoms with van der Waals surface area (Å²) < 4.78 is 4.76. The van der Waals surface area contributed by atoms with Crippen LogP contribution in [0.2, 0.25) is 0 Å². The highest BCUT2D eigenvalue weighted by Gasteiger charge is 2.25. The summed E-state index contributed by atoms with van der Waals surface area (Å²) in [5.74, 6) is -0.160. The lowest BCUT2D eigenvalue weighted by molar-refractivity contribution is 0.102. The van der Waals surface area contributed by atoms with Gasteiger partial charge in [-0.25, -0.2) is 9.78 Å². The number of aromatic nitrogens is 1. The summed E-state index contributed by atoms with van der Waals surface area (Å²) >= 11 is 1.41. The molecular weight excluding hydrogens is 326 g/mol. The zero-order valence-corrected chi connectivity index (χ0v) is 14.7. The number of fused-ring (bicyclic) bond motifs is 1. The van der Waals surface area contributed by atoms with Crippen molar-refractivity contribution in [3.8, 4) is 0 Å². The Hall–Kier alpha value is -2.41. The molecule has 0 spiro atoms. The molecule has 2 aromatic rings. The van der Waals surface area contributed by atoms with Crippen LogP contribution in [-0.2, 0) is 17.7 Å². The number of carbonyl (C=O) groups excluding carboxylic acids is 2. The monoisotopic (exact) mass is 345 g/mol. The van der Waals surface area contributed by atoms with E-state index in [1.54, 1.807) is 4.90 Å². The van der Waals surface area contributed by atoms with Crippen molar-refractivity contribution in [2.75, 3.05) is 19.0 Å². The van der Waals surface area contributed by atoms with Crippen LogP contribution in [0.25, 0.3) is 0 Å². The standard InChI is InChI=1S/C17H19N3O3S/c1-10-4-5-11(2)12(8-10)15(21)19-16-18-13-6-7-20(17(22)23-3)9-14(13)24-16/h4-5,8H,6-7,9H2,1-3H3,(H,18,19,21). The van der Waals surface area contributed by atoms with Crippen LogP contribution in [-0.4, -0.2) is 35.5 Å². The van der Waals surface area contributed by atoms with E-state index in [4.69, 9.17) is 4.74 Å². The van der Waals surface area contributed by atoms with Crippen molar-refractivity contribution < 1.29 is 14.3 Å². The minimum absolute atomic E-state index is 0.160. The van der Waals surface area contributed by atoms with Crippen molar-refractivity contribution in [3.05, 3.63) is 45.5 Å². The maximum Gasteiger partial charge on any atom is 0.409 e. The van der Waals surface area contributed by atoms with E-state index in [9.17, 15) is 9.59 Å². The summed E-state index contributed by atoms with van der Waals surface area (Å²) in [6, 6.07) is 5.79. The third-order valence-corrected chi connectivity index (χ3v) is 5.02. The van der Waals surface area contributed by atoms with E-state index in [2.05, 4.69) is 10.3 Å². The molecule has 2 heterocycles. The Labute approximate surface area is 144 Å². The Balaban J connectivity index is 1.76. The van der Waals surface area contributed by atoms with Gasteiger partial charge in [-0.15, -0.1) is 0 Å². The van der Waals surface area contributed by atoms with Crippen LogP contribution in [0.4, 0.5) is 9.93 Å². The number of benzene rings is 1. The lowest BCUT2D eigenvalue weighted by atomic mass is 10.1. The maximum absolute atomic E-state index is 12.5. The first kappa shape index (κ1) is 16.4. The number of hydrogen-bond acceptors (Lipinski definition) is 5. The van der Waals surface area contributed by atoms with Gasteiger partial charge in [-0.1, -0.05) is 29.0 Å². The van der Waals surface area contributed by atoms with Crippen molar-refractivity contribution in [1.29, 1.82) is 0 Å². The van der Waals surface area contributed by atoms with Crippen molar-refractivity contribution in [3.63, 3.8) is 0 Å². The van der Waals surface area contributed by atoms with Gasteiger partial charge in [0.15, 0.2) is 5.13 Å². The van der Waals surface area contributed by atoms with E-state index in [0.717, 1.165) is 21.7 Å². The molecule has 24 heavy (non-hydrogen) atoms. The van der Waals surface area contributed by atoms with Gasteiger partial charge in [0.2, 0.25) is 0 Å². The van der Waals surface area contributed by atoms with Gasteiger partial charge in [0.25, 0.3) is 5.91 Å². The van der Waals surface area contributed by atoms with E-state index in [0.29, 0.717) is 30.2 Å². The number of methoxy groups -OCH3 is 1. The minimum Gasteiger partial charge on any atom is -0.453 e. The van der Waals surface area contributed by atoms with Crippen LogP contribution >= 0.6 is 11.3 Å². The molecule has 2 amide bonds. The van der Waals surface area contributed by atoms with Crippen LogP contribution in [0.3, 0.4) is 0 Å². The first-order valence-corrected chi connectivity index (χ1v) is 8.49. The average molecular weight is 345 g/mol. The molecule has 1 N–H and O–H groups in total. The van der Waals surface area contributed by atoms with Crippen molar-refractivity contribution >= 4 is 28.5 Å². The molecule has 0 unspecified atom stereocenters. The Morgan fingerprint density at radius 3 is 2.88 bits per heavy atom. The first-order chi connectivity index (χ1) is 11.5. The molecule has 3 rings (SSSR count). The second kappa shape index (κ2) is 6.60. The summed E-state index contributed by atoms with van der Waals surface area (Å²) in [5, 5.41) is 3.44. The molecule has 7 heteroatoms. The number of carbonyl (C=O) groups is 2. The van der Waals surface area contributed by atoms with Crippen LogP contribution < -0.4 is 5.32 Å². The van der Waals surface area contributed by atoms with Gasteiger partial charge in [0.1, 0.15) is 0 Å². The van der Waals surface area contributed by atoms with Crippen molar-refractivity contribution in [2.24, 2.45) is 0 Å². The molecule has 1 aliphatic rings. The number of amides is 2. The largest absolute Gasteiger partial charge is 0.453 e. The fourth-order valence-corrected chi connectivity index (χ4v) is 3.70. The molecule has 1 aliphatic heterocycles. The highest BCUT2D eigenvalue weighted by Crippen LogP contribution is 2.29. The number of nitrogens with one attached hydrogen (secondary N) is 1. The summed E-state index contributed by atoms with van der Waals surface area (Å²) in [4.78, 5) is 31.2. The third kappa shape index (κ3) is 3.26. The number of ether oxygens (including phenoxy) is 1. The summed E-state index contributed by atoms with van der Waals surface area (Å²) in [7, 11) is 1.38. The molecule has 1 aromatic heterocycles. The molecule has 0 atom stereocenters. The molecule has 0 radical (unpaired) electrons. The van der Waals surface area contributed by atoms with E-state index < -0.39 is 0 Å². The average Bonchev–Trinajstić information content (AvgIpc) is 2.97. The molecule has 0 bridgehead atoms. The van der Waals surface area contributed by atoms with E-state index in [1.165, 1.54) is 18.4 Å². The highest BCUT2D eigenvalue weighted by molar-refractivity contribution is 7.15. The van der Waals surface area contributed by atoms with Crippen LogP contribution in [0.5, 0.6) is 0 Å². The zero-order chi connectivity index (χ0) is 17.3. The quantitative estimate of drug-likeness (QED) is 0.908. The number of hydrogen-bond donors (Lipinski definition) is 1. The van der Waals surface area contributed by atoms with Crippen LogP contribution in [0.1, 0.15) is 32.1 Å². The lowest BCUT2D eigenvalue weighted by Crippen LogP contribution is -2.35. The van der Waals surface area contributed by atoms with Gasteiger partial charge in [-0.05, 0) is 25.5 Å². The number of rotatable bonds is 2. The molecule has 0 fully saturated rings. The Morgan fingerprint density at radius 2 is 2.12 bits per heavy atom. The van der Waals surface area contributed by atoms with Crippen molar-refractivity contribution in [1.82, 2.24) is 9.88 Å². The van der Waals surface area contributed by atoms with Gasteiger partial charge in [0.05, 0.1) is 19.3 Å². The molecular formula is C17H19N3O3S. The maximum atomic E-state index is 12.5. The fraction of sp³-hybridized carbons (Fsp3) is 0.353. The SMILES string of the molecule is COC(=O)N1CCc2nc(NC(=O)c3cc(C)ccc3C)sc2C1. The number of thiazole rings is 1. The second-order valence-electron chi connectivity index (χ2n) is 5.80. The zero-order valence-electron chi connectivity index (χ0n) is 13.9. The predicted molar refractivity (Wildman–Crippen MR) is 92.5 cm³/mol. The molecule has 1 aromatic carbocycles. The van der Waals surface area contributed by atoms with Crippen LogP contribution in [0, 0.1) is 13.8 Å². The lowest BCUT2D eigenvalue weighted by Gasteiger charge is -2.24. The van der Waals surface area contributed by atoms with Gasteiger partial charge in [-0.3, -0.25) is 10.1 Å². The summed E-state index contributed by atoms with van der Waals surface area (Å²) in [5.41, 5.74) is 3.56. The van der Waals surface area contributed by atoms with Gasteiger partial charge < -0.3 is 9.64 Å². The van der Waals surface area contributed by atoms with Crippen molar-refractivity contribution in [2.45, 2.75) is 26.8 Å². The molecule has 0 saturated heterocycles. The van der Waals surface area contributed by atoms with Gasteiger partial charge in [0, 0.05) is 23.4 Å². The summed E-state index contributed by atoms with van der Waals surface area (Å²) in [6.07, 6.45) is 0.329. The Morgan fingerprint density at radius 1 is 1.33 bits per heavy atom. The van der Waals surface area contributed by atoms with E-state index in [1.807, 2.05) is 32.0 Å². The fourth-order valence-electron chi connectivity index (χ4n) is 2.68. The molecule has 6 nitrogen and oxygen atoms in total. The molecule has 126 valence electrons. The Bertz CT molecular complexity index is 800. The highest BCUT2D eigenvalue weighted by atomic mass is 32.1. The topological polar surface area (TPSA) is 71.5 Å². The molecule has 0 aliphatic carbocycles. The minimum atomic E-state index is -0.338. The van der Waals surface area contributed by atoms with Gasteiger partial charge >= 0.3 is 6.09 Å². The normalized spacial score (nSPS) is 13.4. The third-order valence-electron chi connectivity index (χ3n) is 4.02. The van der Waals surface area contributed by atoms with E-state index in [-0.39, 0.29) is 12.0 Å². The van der Waals surface area contributed by atoms with Crippen LogP contribution in [0.15, 0.2) is 18.2 Å². The molecule has 0 saturated carbocycles. The number of aryl methyl sites for hydroxylation is 2. The van der Waals surface area contributed by atoms with Gasteiger partial charge in [-0.2, -0.15) is 0 Å². The predicted octanol–water partition coefficient (Wildman–Crippen LogP) is 3.14. The second-order valence-corrected chi connectivity index (χ2v) is 6.89. The Kier molecular flexibility index (Phi) is 4.53.